The molecule has 0 amide bonds. The van der Waals surface area contributed by atoms with E-state index in [4.69, 9.17) is 0 Å². The number of hydrogen-bond donors (Lipinski definition) is 1. The van der Waals surface area contributed by atoms with Crippen molar-refractivity contribution in [2.45, 2.75) is 25.9 Å². The molecule has 15 heavy (non-hydrogen) atoms. The van der Waals surface area contributed by atoms with E-state index < -0.39 is 0 Å². The molecule has 0 aliphatic carbocycles. The lowest BCUT2D eigenvalue weighted by Crippen LogP contribution is -2.34. The molecule has 1 aliphatic rings. The summed E-state index contributed by atoms with van der Waals surface area (Å²) in [5.74, 6) is 0. The molecule has 2 nitrogen and oxygen atoms in total. The second-order valence-corrected chi connectivity index (χ2v) is 6.09. The van der Waals surface area contributed by atoms with Crippen molar-refractivity contribution in [2.24, 2.45) is 0 Å². The molecule has 1 aromatic rings. The zero-order chi connectivity index (χ0) is 10.7. The molecule has 1 unspecified atom stereocenters. The van der Waals surface area contributed by atoms with Crippen molar-refractivity contribution in [3.63, 3.8) is 0 Å². The van der Waals surface area contributed by atoms with Crippen LogP contribution in [-0.4, -0.2) is 30.6 Å². The molecule has 1 aliphatic heterocycles. The fraction of sp³-hybridized carbons (Fsp3) is 0.636. The molecule has 2 rings (SSSR count). The van der Waals surface area contributed by atoms with Crippen LogP contribution >= 0.6 is 27.3 Å². The average Bonchev–Trinajstić information content (AvgIpc) is 2.46. The highest BCUT2D eigenvalue weighted by atomic mass is 79.9. The molecule has 1 N–H and O–H groups in total. The zero-order valence-corrected chi connectivity index (χ0v) is 11.4. The highest BCUT2D eigenvalue weighted by Gasteiger charge is 2.14. The van der Waals surface area contributed by atoms with Gasteiger partial charge in [0.2, 0.25) is 0 Å². The Kier molecular flexibility index (Phi) is 4.20. The van der Waals surface area contributed by atoms with Gasteiger partial charge in [0.05, 0.1) is 0 Å². The van der Waals surface area contributed by atoms with Crippen molar-refractivity contribution in [1.82, 2.24) is 10.2 Å². The quantitative estimate of drug-likeness (QED) is 0.900. The molecule has 1 aromatic heterocycles. The van der Waals surface area contributed by atoms with Gasteiger partial charge in [-0.1, -0.05) is 0 Å². The first-order valence-corrected chi connectivity index (χ1v) is 7.10. The lowest BCUT2D eigenvalue weighted by molar-refractivity contribution is 0.267. The Bertz CT molecular complexity index is 313. The molecule has 84 valence electrons. The second kappa shape index (κ2) is 5.43. The first-order valence-electron chi connectivity index (χ1n) is 5.42. The van der Waals surface area contributed by atoms with Crippen molar-refractivity contribution in [3.8, 4) is 0 Å². The Labute approximate surface area is 104 Å². The smallest absolute Gasteiger partial charge is 0.0328 e. The third-order valence-corrected chi connectivity index (χ3v) is 4.36. The molecule has 4 heteroatoms. The van der Waals surface area contributed by atoms with Crippen molar-refractivity contribution >= 4 is 27.3 Å². The normalized spacial score (nSPS) is 24.0. The van der Waals surface area contributed by atoms with Crippen LogP contribution in [0.5, 0.6) is 0 Å². The fourth-order valence-corrected chi connectivity index (χ4v) is 3.49. The minimum absolute atomic E-state index is 0.621. The van der Waals surface area contributed by atoms with E-state index in [0.717, 1.165) is 19.6 Å². The minimum atomic E-state index is 0.621. The van der Waals surface area contributed by atoms with Crippen LogP contribution in [-0.2, 0) is 6.54 Å². The third kappa shape index (κ3) is 3.55. The van der Waals surface area contributed by atoms with Gasteiger partial charge >= 0.3 is 0 Å². The van der Waals surface area contributed by atoms with Crippen LogP contribution in [0.25, 0.3) is 0 Å². The number of nitrogens with one attached hydrogen (secondary N) is 1. The molecule has 1 saturated heterocycles. The average molecular weight is 289 g/mol. The van der Waals surface area contributed by atoms with E-state index in [1.165, 1.54) is 22.3 Å². The number of thiophene rings is 1. The molecule has 1 atom stereocenters. The van der Waals surface area contributed by atoms with E-state index in [1.54, 1.807) is 0 Å². The van der Waals surface area contributed by atoms with Crippen LogP contribution in [0.2, 0.25) is 0 Å². The summed E-state index contributed by atoms with van der Waals surface area (Å²) in [6.45, 7) is 6.90. The predicted molar refractivity (Wildman–Crippen MR) is 69.4 cm³/mol. The SMILES string of the molecule is CC1CN(Cc2cc(Br)cs2)CCCN1. The Morgan fingerprint density at radius 1 is 1.67 bits per heavy atom. The van der Waals surface area contributed by atoms with Gasteiger partial charge in [-0.05, 0) is 48.4 Å². The monoisotopic (exact) mass is 288 g/mol. The van der Waals surface area contributed by atoms with Gasteiger partial charge in [0.25, 0.3) is 0 Å². The fourth-order valence-electron chi connectivity index (χ4n) is 1.99. The van der Waals surface area contributed by atoms with E-state index >= 15 is 0 Å². The lowest BCUT2D eigenvalue weighted by atomic mass is 10.3. The van der Waals surface area contributed by atoms with Crippen molar-refractivity contribution in [1.29, 1.82) is 0 Å². The molecular weight excluding hydrogens is 272 g/mol. The summed E-state index contributed by atoms with van der Waals surface area (Å²) in [5, 5.41) is 5.68. The second-order valence-electron chi connectivity index (χ2n) is 4.18. The van der Waals surface area contributed by atoms with Gasteiger partial charge in [-0.3, -0.25) is 4.90 Å². The molecule has 0 radical (unpaired) electrons. The van der Waals surface area contributed by atoms with Crippen LogP contribution in [0, 0.1) is 0 Å². The molecule has 0 saturated carbocycles. The highest BCUT2D eigenvalue weighted by Crippen LogP contribution is 2.21. The summed E-state index contributed by atoms with van der Waals surface area (Å²) in [6.07, 6.45) is 1.26. The van der Waals surface area contributed by atoms with Gasteiger partial charge in [0.1, 0.15) is 0 Å². The summed E-state index contributed by atoms with van der Waals surface area (Å²) >= 11 is 5.35. The summed E-state index contributed by atoms with van der Waals surface area (Å²) in [6, 6.07) is 2.85. The maximum atomic E-state index is 3.52. The van der Waals surface area contributed by atoms with Crippen LogP contribution < -0.4 is 5.32 Å². The van der Waals surface area contributed by atoms with E-state index in [9.17, 15) is 0 Å². The van der Waals surface area contributed by atoms with Crippen LogP contribution in [0.15, 0.2) is 15.9 Å². The summed E-state index contributed by atoms with van der Waals surface area (Å²) in [7, 11) is 0. The Balaban J connectivity index is 1.92. The number of nitrogens with zero attached hydrogens (tertiary/aromatic N) is 1. The summed E-state index contributed by atoms with van der Waals surface area (Å²) in [4.78, 5) is 4.00. The standard InChI is InChI=1S/C11H17BrN2S/c1-9-6-14(4-2-3-13-9)7-11-5-10(12)8-15-11/h5,8-9,13H,2-4,6-7H2,1H3. The molecular formula is C11H17BrN2S. The van der Waals surface area contributed by atoms with Gasteiger partial charge in [-0.15, -0.1) is 11.3 Å². The summed E-state index contributed by atoms with van der Waals surface area (Å²) < 4.78 is 1.21. The number of hydrogen-bond acceptors (Lipinski definition) is 3. The zero-order valence-electron chi connectivity index (χ0n) is 9.00. The van der Waals surface area contributed by atoms with E-state index in [0.29, 0.717) is 6.04 Å². The first kappa shape index (κ1) is 11.6. The van der Waals surface area contributed by atoms with Crippen LogP contribution in [0.1, 0.15) is 18.2 Å². The van der Waals surface area contributed by atoms with Crippen LogP contribution in [0.3, 0.4) is 0 Å². The highest BCUT2D eigenvalue weighted by molar-refractivity contribution is 9.10. The Morgan fingerprint density at radius 3 is 3.27 bits per heavy atom. The van der Waals surface area contributed by atoms with Crippen molar-refractivity contribution in [2.75, 3.05) is 19.6 Å². The van der Waals surface area contributed by atoms with Gasteiger partial charge in [0.15, 0.2) is 0 Å². The van der Waals surface area contributed by atoms with E-state index in [1.807, 2.05) is 11.3 Å². The van der Waals surface area contributed by atoms with Crippen molar-refractivity contribution < 1.29 is 0 Å². The van der Waals surface area contributed by atoms with Crippen LogP contribution in [0.4, 0.5) is 0 Å². The first-order chi connectivity index (χ1) is 7.24. The van der Waals surface area contributed by atoms with Gasteiger partial charge in [0, 0.05) is 33.9 Å². The molecule has 0 bridgehead atoms. The van der Waals surface area contributed by atoms with Crippen molar-refractivity contribution in [3.05, 3.63) is 20.8 Å². The molecule has 0 spiro atoms. The maximum Gasteiger partial charge on any atom is 0.0328 e. The largest absolute Gasteiger partial charge is 0.313 e. The molecule has 0 aromatic carbocycles. The predicted octanol–water partition coefficient (Wildman–Crippen LogP) is 2.69. The lowest BCUT2D eigenvalue weighted by Gasteiger charge is -2.21. The van der Waals surface area contributed by atoms with E-state index in [2.05, 4.69) is 44.5 Å². The summed E-state index contributed by atoms with van der Waals surface area (Å²) in [5.41, 5.74) is 0. The molecule has 1 fully saturated rings. The number of halogens is 1. The van der Waals surface area contributed by atoms with Gasteiger partial charge < -0.3 is 5.32 Å². The third-order valence-electron chi connectivity index (χ3n) is 2.68. The van der Waals surface area contributed by atoms with Gasteiger partial charge in [-0.25, -0.2) is 0 Å². The minimum Gasteiger partial charge on any atom is -0.313 e. The maximum absolute atomic E-state index is 3.52. The van der Waals surface area contributed by atoms with Gasteiger partial charge in [-0.2, -0.15) is 0 Å². The number of rotatable bonds is 2. The van der Waals surface area contributed by atoms with E-state index in [-0.39, 0.29) is 0 Å². The Hall–Kier alpha value is 0.1000. The molecule has 2 heterocycles. The Morgan fingerprint density at radius 2 is 2.53 bits per heavy atom. The topological polar surface area (TPSA) is 15.3 Å².